The number of ether oxygens (including phenoxy) is 1. The number of aromatic nitrogens is 2. The number of nitrogens with zero attached hydrogens (tertiary/aromatic N) is 2. The van der Waals surface area contributed by atoms with E-state index in [0.717, 1.165) is 27.7 Å². The summed E-state index contributed by atoms with van der Waals surface area (Å²) >= 11 is 0. The molecule has 1 aliphatic heterocycles. The third-order valence-corrected chi connectivity index (χ3v) is 5.15. The van der Waals surface area contributed by atoms with E-state index < -0.39 is 12.0 Å². The Morgan fingerprint density at radius 2 is 2.00 bits per heavy atom. The lowest BCUT2D eigenvalue weighted by Gasteiger charge is -2.30. The van der Waals surface area contributed by atoms with E-state index in [1.807, 2.05) is 60.9 Å². The predicted octanol–water partition coefficient (Wildman–Crippen LogP) is 3.13. The van der Waals surface area contributed by atoms with Crippen molar-refractivity contribution in [3.63, 3.8) is 0 Å². The van der Waals surface area contributed by atoms with Gasteiger partial charge in [0.2, 0.25) is 0 Å². The fourth-order valence-electron chi connectivity index (χ4n) is 3.78. The molecule has 0 spiro atoms. The zero-order valence-electron chi connectivity index (χ0n) is 16.5. The first-order valence-electron chi connectivity index (χ1n) is 9.34. The zero-order valence-corrected chi connectivity index (χ0v) is 16.5. The molecule has 4 rings (SSSR count). The monoisotopic (exact) mass is 390 g/mol. The maximum atomic E-state index is 12.7. The molecule has 1 unspecified atom stereocenters. The molecule has 2 amide bonds. The van der Waals surface area contributed by atoms with Crippen molar-refractivity contribution in [1.29, 1.82) is 0 Å². The normalized spacial score (nSPS) is 16.5. The van der Waals surface area contributed by atoms with Gasteiger partial charge in [-0.2, -0.15) is 0 Å². The second kappa shape index (κ2) is 7.43. The molecule has 1 aliphatic rings. The van der Waals surface area contributed by atoms with Crippen molar-refractivity contribution in [2.75, 3.05) is 7.11 Å². The van der Waals surface area contributed by atoms with Gasteiger partial charge in [-0.3, -0.25) is 0 Å². The summed E-state index contributed by atoms with van der Waals surface area (Å²) in [6.07, 6.45) is 1.70. The van der Waals surface area contributed by atoms with Crippen molar-refractivity contribution in [2.24, 2.45) is 0 Å². The van der Waals surface area contributed by atoms with E-state index in [0.29, 0.717) is 17.8 Å². The minimum Gasteiger partial charge on any atom is -0.466 e. The number of nitrogens with one attached hydrogen (secondary N) is 2. The molecule has 7 nitrogen and oxygen atoms in total. The molecule has 0 saturated carbocycles. The number of urea groups is 1. The average molecular weight is 390 g/mol. The topological polar surface area (TPSA) is 85.2 Å². The number of aryl methyl sites for hydroxylation is 2. The molecule has 2 N–H and O–H groups in total. The van der Waals surface area contributed by atoms with Crippen molar-refractivity contribution in [1.82, 2.24) is 20.2 Å². The first-order chi connectivity index (χ1) is 14.0. The van der Waals surface area contributed by atoms with Gasteiger partial charge < -0.3 is 19.9 Å². The summed E-state index contributed by atoms with van der Waals surface area (Å²) < 4.78 is 6.97. The highest BCUT2D eigenvalue weighted by Crippen LogP contribution is 2.31. The van der Waals surface area contributed by atoms with Gasteiger partial charge in [-0.25, -0.2) is 14.6 Å². The van der Waals surface area contributed by atoms with Crippen LogP contribution in [0.2, 0.25) is 0 Å². The number of hydrogen-bond acceptors (Lipinski definition) is 4. The van der Waals surface area contributed by atoms with Gasteiger partial charge in [0.25, 0.3) is 0 Å². The maximum Gasteiger partial charge on any atom is 0.338 e. The van der Waals surface area contributed by atoms with E-state index in [1.54, 1.807) is 6.33 Å². The molecule has 29 heavy (non-hydrogen) atoms. The number of hydrogen-bond donors (Lipinski definition) is 2. The molecule has 0 radical (unpaired) electrons. The highest BCUT2D eigenvalue weighted by Gasteiger charge is 2.34. The number of carbonyl (C=O) groups excluding carboxylic acids is 2. The van der Waals surface area contributed by atoms with Gasteiger partial charge >= 0.3 is 12.0 Å². The van der Waals surface area contributed by atoms with Crippen molar-refractivity contribution in [3.05, 3.63) is 76.8 Å². The average Bonchev–Trinajstić information content (AvgIpc) is 3.10. The van der Waals surface area contributed by atoms with Crippen molar-refractivity contribution < 1.29 is 14.3 Å². The Balaban J connectivity index is 1.83. The molecular weight excluding hydrogens is 368 g/mol. The van der Waals surface area contributed by atoms with Crippen LogP contribution in [0.5, 0.6) is 0 Å². The van der Waals surface area contributed by atoms with Gasteiger partial charge in [0, 0.05) is 0 Å². The van der Waals surface area contributed by atoms with Gasteiger partial charge in [-0.15, -0.1) is 0 Å². The second-order valence-electron chi connectivity index (χ2n) is 7.14. The fourth-order valence-corrected chi connectivity index (χ4v) is 3.78. The molecule has 2 heterocycles. The molecule has 0 bridgehead atoms. The molecule has 2 aromatic carbocycles. The first-order valence-corrected chi connectivity index (χ1v) is 9.34. The molecule has 148 valence electrons. The summed E-state index contributed by atoms with van der Waals surface area (Å²) in [6, 6.07) is 12.7. The number of fused-ring (bicyclic) bond motifs is 1. The van der Waals surface area contributed by atoms with Crippen LogP contribution >= 0.6 is 0 Å². The Kier molecular flexibility index (Phi) is 4.80. The Labute approximate surface area is 168 Å². The number of benzene rings is 2. The van der Waals surface area contributed by atoms with E-state index in [4.69, 9.17) is 4.74 Å². The molecule has 1 atom stereocenters. The van der Waals surface area contributed by atoms with Gasteiger partial charge in [0.05, 0.1) is 48.3 Å². The van der Waals surface area contributed by atoms with Gasteiger partial charge in [-0.1, -0.05) is 35.9 Å². The Bertz CT molecular complexity index is 1150. The van der Waals surface area contributed by atoms with Crippen LogP contribution in [0.15, 0.2) is 60.1 Å². The van der Waals surface area contributed by atoms with Gasteiger partial charge in [-0.05, 0) is 37.1 Å². The van der Waals surface area contributed by atoms with Crippen LogP contribution < -0.4 is 10.6 Å². The fraction of sp³-hybridized carbons (Fsp3) is 0.227. The summed E-state index contributed by atoms with van der Waals surface area (Å²) in [5, 5.41) is 5.67. The quantitative estimate of drug-likeness (QED) is 0.670. The van der Waals surface area contributed by atoms with Gasteiger partial charge in [0.1, 0.15) is 0 Å². The summed E-state index contributed by atoms with van der Waals surface area (Å²) in [6.45, 7) is 4.26. The largest absolute Gasteiger partial charge is 0.466 e. The number of carbonyl (C=O) groups is 2. The Hall–Kier alpha value is -3.61. The summed E-state index contributed by atoms with van der Waals surface area (Å²) in [7, 11) is 1.34. The highest BCUT2D eigenvalue weighted by atomic mass is 16.5. The molecular formula is C22H22N4O3. The lowest BCUT2D eigenvalue weighted by Crippen LogP contribution is -2.47. The minimum atomic E-state index is -0.596. The zero-order chi connectivity index (χ0) is 20.5. The van der Waals surface area contributed by atoms with E-state index in [2.05, 4.69) is 15.6 Å². The van der Waals surface area contributed by atoms with E-state index in [9.17, 15) is 9.59 Å². The van der Waals surface area contributed by atoms with Crippen molar-refractivity contribution >= 4 is 23.0 Å². The van der Waals surface area contributed by atoms with E-state index >= 15 is 0 Å². The minimum absolute atomic E-state index is 0.291. The van der Waals surface area contributed by atoms with E-state index in [1.165, 1.54) is 7.11 Å². The van der Waals surface area contributed by atoms with Crippen LogP contribution in [-0.4, -0.2) is 28.7 Å². The Morgan fingerprint density at radius 1 is 1.21 bits per heavy atom. The number of para-hydroxylation sites is 2. The van der Waals surface area contributed by atoms with Crippen molar-refractivity contribution in [2.45, 2.75) is 26.4 Å². The summed E-state index contributed by atoms with van der Waals surface area (Å²) in [5.41, 5.74) is 5.61. The predicted molar refractivity (Wildman–Crippen MR) is 109 cm³/mol. The molecule has 0 fully saturated rings. The highest BCUT2D eigenvalue weighted by molar-refractivity contribution is 5.95. The molecule has 0 aliphatic carbocycles. The first kappa shape index (κ1) is 18.7. The lowest BCUT2D eigenvalue weighted by molar-refractivity contribution is -0.136. The molecule has 0 saturated heterocycles. The van der Waals surface area contributed by atoms with Crippen LogP contribution in [0, 0.1) is 13.8 Å². The standard InChI is InChI=1S/C22H22N4O3/c1-13-8-9-15(14(2)10-13)20-19(21(27)29-3)17(24-22(28)25-20)11-26-12-23-16-6-4-5-7-18(16)26/h4-10,12,20H,11H2,1-3H3,(H2,24,25,28). The maximum absolute atomic E-state index is 12.7. The number of esters is 1. The van der Waals surface area contributed by atoms with Crippen LogP contribution in [-0.2, 0) is 16.1 Å². The third kappa shape index (κ3) is 3.47. The number of imidazole rings is 1. The molecule has 7 heteroatoms. The Morgan fingerprint density at radius 3 is 2.76 bits per heavy atom. The SMILES string of the molecule is COC(=O)C1=C(Cn2cnc3ccccc32)NC(=O)NC1c1ccc(C)cc1C. The van der Waals surface area contributed by atoms with Crippen molar-refractivity contribution in [3.8, 4) is 0 Å². The third-order valence-electron chi connectivity index (χ3n) is 5.15. The summed E-state index contributed by atoms with van der Waals surface area (Å²) in [4.78, 5) is 29.6. The lowest BCUT2D eigenvalue weighted by atomic mass is 9.91. The summed E-state index contributed by atoms with van der Waals surface area (Å²) in [5.74, 6) is -0.484. The number of methoxy groups -OCH3 is 1. The van der Waals surface area contributed by atoms with Crippen LogP contribution in [0.4, 0.5) is 4.79 Å². The molecule has 3 aromatic rings. The number of amides is 2. The number of allylic oxidation sites excluding steroid dienone is 1. The number of rotatable bonds is 4. The smallest absolute Gasteiger partial charge is 0.338 e. The second-order valence-corrected chi connectivity index (χ2v) is 7.14. The van der Waals surface area contributed by atoms with E-state index in [-0.39, 0.29) is 6.03 Å². The molecule has 1 aromatic heterocycles. The van der Waals surface area contributed by atoms with Gasteiger partial charge in [0.15, 0.2) is 0 Å². The van der Waals surface area contributed by atoms with Crippen LogP contribution in [0.25, 0.3) is 11.0 Å². The van der Waals surface area contributed by atoms with Crippen LogP contribution in [0.3, 0.4) is 0 Å². The van der Waals surface area contributed by atoms with Crippen LogP contribution in [0.1, 0.15) is 22.7 Å².